The Bertz CT molecular complexity index is 582. The molecule has 1 saturated heterocycles. The lowest BCUT2D eigenvalue weighted by Crippen LogP contribution is -2.32. The fourth-order valence-corrected chi connectivity index (χ4v) is 3.21. The predicted molar refractivity (Wildman–Crippen MR) is 83.4 cm³/mol. The molecule has 2 amide bonds. The quantitative estimate of drug-likeness (QED) is 0.477. The van der Waals surface area contributed by atoms with Crippen LogP contribution in [0.2, 0.25) is 0 Å². The molecular formula is C18H21NO3. The van der Waals surface area contributed by atoms with Crippen molar-refractivity contribution in [3.05, 3.63) is 42.0 Å². The zero-order valence-corrected chi connectivity index (χ0v) is 12.8. The third-order valence-electron chi connectivity index (χ3n) is 4.38. The number of aryl methyl sites for hydroxylation is 1. The van der Waals surface area contributed by atoms with Crippen LogP contribution < -0.4 is 4.74 Å². The fourth-order valence-electron chi connectivity index (χ4n) is 3.21. The number of hydrogen-bond acceptors (Lipinski definition) is 3. The molecule has 4 heteroatoms. The largest absolute Gasteiger partial charge is 0.494 e. The van der Waals surface area contributed by atoms with Crippen molar-refractivity contribution in [2.24, 2.45) is 11.8 Å². The van der Waals surface area contributed by atoms with Gasteiger partial charge in [0.2, 0.25) is 11.8 Å². The topological polar surface area (TPSA) is 46.6 Å². The molecule has 0 N–H and O–H groups in total. The number of allylic oxidation sites excluding steroid dienone is 2. The first-order valence-electron chi connectivity index (χ1n) is 7.86. The first kappa shape index (κ1) is 14.8. The number of nitrogens with zero attached hydrogens (tertiary/aromatic N) is 1. The molecule has 1 aliphatic carbocycles. The van der Waals surface area contributed by atoms with Crippen molar-refractivity contribution in [3.63, 3.8) is 0 Å². The number of imide groups is 1. The maximum Gasteiger partial charge on any atom is 0.233 e. The number of fused-ring (bicyclic) bond motifs is 1. The zero-order chi connectivity index (χ0) is 15.5. The van der Waals surface area contributed by atoms with Gasteiger partial charge in [-0.15, -0.1) is 0 Å². The molecule has 116 valence electrons. The summed E-state index contributed by atoms with van der Waals surface area (Å²) in [6.07, 6.45) is 6.09. The highest BCUT2D eigenvalue weighted by Gasteiger charge is 2.46. The average molecular weight is 299 g/mol. The number of rotatable bonds is 5. The molecule has 4 nitrogen and oxygen atoms in total. The Morgan fingerprint density at radius 2 is 1.82 bits per heavy atom. The molecule has 1 aromatic rings. The minimum Gasteiger partial charge on any atom is -0.494 e. The number of amides is 2. The Labute approximate surface area is 130 Å². The Kier molecular flexibility index (Phi) is 4.27. The molecule has 2 aliphatic rings. The summed E-state index contributed by atoms with van der Waals surface area (Å²) >= 11 is 0. The van der Waals surface area contributed by atoms with Crippen molar-refractivity contribution in [3.8, 4) is 5.75 Å². The van der Waals surface area contributed by atoms with Gasteiger partial charge >= 0.3 is 0 Å². The number of likely N-dealkylation sites (tertiary alicyclic amines) is 1. The van der Waals surface area contributed by atoms with Crippen molar-refractivity contribution in [2.45, 2.75) is 26.2 Å². The van der Waals surface area contributed by atoms with Gasteiger partial charge in [-0.3, -0.25) is 14.5 Å². The normalized spacial score (nSPS) is 23.8. The van der Waals surface area contributed by atoms with Crippen LogP contribution in [0, 0.1) is 18.8 Å². The van der Waals surface area contributed by atoms with E-state index in [1.54, 1.807) is 0 Å². The molecule has 1 fully saturated rings. The molecular weight excluding hydrogens is 278 g/mol. The summed E-state index contributed by atoms with van der Waals surface area (Å²) < 4.78 is 5.67. The minimum atomic E-state index is -0.129. The number of hydrogen-bond donors (Lipinski definition) is 0. The number of carbonyl (C=O) groups is 2. The number of benzene rings is 1. The molecule has 2 atom stereocenters. The standard InChI is InChI=1S/C18H21NO3/c1-13-6-4-7-14(12-13)22-11-5-10-19-17(20)15-8-2-3-9-16(15)18(19)21/h2-4,6-7,12,15-16H,5,8-11H2,1H3/t15-,16+. The van der Waals surface area contributed by atoms with Crippen LogP contribution in [0.4, 0.5) is 0 Å². The highest BCUT2D eigenvalue weighted by Crippen LogP contribution is 2.34. The van der Waals surface area contributed by atoms with Crippen molar-refractivity contribution < 1.29 is 14.3 Å². The molecule has 1 aliphatic heterocycles. The predicted octanol–water partition coefficient (Wildman–Crippen LogP) is 2.72. The van der Waals surface area contributed by atoms with Gasteiger partial charge in [-0.25, -0.2) is 0 Å². The lowest BCUT2D eigenvalue weighted by Gasteiger charge is -2.15. The van der Waals surface area contributed by atoms with Crippen molar-refractivity contribution in [2.75, 3.05) is 13.2 Å². The van der Waals surface area contributed by atoms with Crippen LogP contribution in [0.5, 0.6) is 5.75 Å². The summed E-state index contributed by atoms with van der Waals surface area (Å²) in [6, 6.07) is 7.87. The Morgan fingerprint density at radius 3 is 2.45 bits per heavy atom. The molecule has 1 heterocycles. The zero-order valence-electron chi connectivity index (χ0n) is 12.8. The Balaban J connectivity index is 1.50. The lowest BCUT2D eigenvalue weighted by molar-refractivity contribution is -0.140. The summed E-state index contributed by atoms with van der Waals surface area (Å²) in [5.41, 5.74) is 1.15. The van der Waals surface area contributed by atoms with E-state index < -0.39 is 0 Å². The number of ether oxygens (including phenoxy) is 1. The van der Waals surface area contributed by atoms with Crippen molar-refractivity contribution in [1.82, 2.24) is 4.90 Å². The molecule has 0 saturated carbocycles. The second-order valence-electron chi connectivity index (χ2n) is 6.00. The van der Waals surface area contributed by atoms with Gasteiger partial charge in [0.15, 0.2) is 0 Å². The molecule has 0 bridgehead atoms. The van der Waals surface area contributed by atoms with Gasteiger partial charge in [0.05, 0.1) is 18.4 Å². The molecule has 1 aromatic carbocycles. The van der Waals surface area contributed by atoms with E-state index >= 15 is 0 Å². The maximum absolute atomic E-state index is 12.3. The third kappa shape index (κ3) is 2.91. The Hall–Kier alpha value is -2.10. The maximum atomic E-state index is 12.3. The summed E-state index contributed by atoms with van der Waals surface area (Å²) in [6.45, 7) is 2.98. The SMILES string of the molecule is Cc1cccc(OCCCN2C(=O)[C@H]3CC=CC[C@H]3C2=O)c1. The number of carbonyl (C=O) groups excluding carboxylic acids is 2. The van der Waals surface area contributed by atoms with E-state index in [0.717, 1.165) is 11.3 Å². The van der Waals surface area contributed by atoms with E-state index in [-0.39, 0.29) is 23.7 Å². The van der Waals surface area contributed by atoms with Gasteiger partial charge in [0.1, 0.15) is 5.75 Å². The van der Waals surface area contributed by atoms with Crippen LogP contribution in [-0.2, 0) is 9.59 Å². The van der Waals surface area contributed by atoms with Gasteiger partial charge in [-0.2, -0.15) is 0 Å². The molecule has 0 radical (unpaired) electrons. The van der Waals surface area contributed by atoms with Gasteiger partial charge in [0.25, 0.3) is 0 Å². The van der Waals surface area contributed by atoms with Crippen LogP contribution in [-0.4, -0.2) is 29.9 Å². The minimum absolute atomic E-state index is 0.00472. The monoisotopic (exact) mass is 299 g/mol. The van der Waals surface area contributed by atoms with Crippen LogP contribution in [0.15, 0.2) is 36.4 Å². The highest BCUT2D eigenvalue weighted by atomic mass is 16.5. The fraction of sp³-hybridized carbons (Fsp3) is 0.444. The van der Waals surface area contributed by atoms with E-state index in [4.69, 9.17) is 4.74 Å². The van der Waals surface area contributed by atoms with Crippen molar-refractivity contribution in [1.29, 1.82) is 0 Å². The molecule has 0 spiro atoms. The van der Waals surface area contributed by atoms with Crippen LogP contribution in [0.3, 0.4) is 0 Å². The highest BCUT2D eigenvalue weighted by molar-refractivity contribution is 6.05. The molecule has 0 aromatic heterocycles. The summed E-state index contributed by atoms with van der Waals surface area (Å²) in [4.78, 5) is 26.0. The summed E-state index contributed by atoms with van der Waals surface area (Å²) in [5, 5.41) is 0. The van der Waals surface area contributed by atoms with Gasteiger partial charge in [-0.1, -0.05) is 24.3 Å². The molecule has 3 rings (SSSR count). The van der Waals surface area contributed by atoms with E-state index in [1.807, 2.05) is 43.3 Å². The third-order valence-corrected chi connectivity index (χ3v) is 4.38. The van der Waals surface area contributed by atoms with E-state index in [2.05, 4.69) is 0 Å². The molecule has 22 heavy (non-hydrogen) atoms. The van der Waals surface area contributed by atoms with Crippen LogP contribution in [0.1, 0.15) is 24.8 Å². The van der Waals surface area contributed by atoms with Gasteiger partial charge in [-0.05, 0) is 43.9 Å². The van der Waals surface area contributed by atoms with Gasteiger partial charge in [0, 0.05) is 6.54 Å². The smallest absolute Gasteiger partial charge is 0.233 e. The first-order chi connectivity index (χ1) is 10.7. The lowest BCUT2D eigenvalue weighted by atomic mass is 9.85. The van der Waals surface area contributed by atoms with E-state index in [1.165, 1.54) is 4.90 Å². The van der Waals surface area contributed by atoms with Gasteiger partial charge < -0.3 is 4.74 Å². The average Bonchev–Trinajstić information content (AvgIpc) is 2.77. The van der Waals surface area contributed by atoms with Crippen LogP contribution in [0.25, 0.3) is 0 Å². The van der Waals surface area contributed by atoms with E-state index in [0.29, 0.717) is 32.4 Å². The summed E-state index contributed by atoms with van der Waals surface area (Å²) in [7, 11) is 0. The Morgan fingerprint density at radius 1 is 1.14 bits per heavy atom. The second kappa shape index (κ2) is 6.34. The van der Waals surface area contributed by atoms with E-state index in [9.17, 15) is 9.59 Å². The van der Waals surface area contributed by atoms with Crippen LogP contribution >= 0.6 is 0 Å². The first-order valence-corrected chi connectivity index (χ1v) is 7.86. The second-order valence-corrected chi connectivity index (χ2v) is 6.00. The summed E-state index contributed by atoms with van der Waals surface area (Å²) in [5.74, 6) is 0.562. The molecule has 0 unspecified atom stereocenters. The van der Waals surface area contributed by atoms with Crippen molar-refractivity contribution >= 4 is 11.8 Å².